The minimum atomic E-state index is -0.359. The molecule has 1 saturated heterocycles. The number of rotatable bonds is 6. The van der Waals surface area contributed by atoms with Crippen molar-refractivity contribution in [2.24, 2.45) is 0 Å². The minimum absolute atomic E-state index is 0.120. The van der Waals surface area contributed by atoms with Crippen LogP contribution >= 0.6 is 35.0 Å². The van der Waals surface area contributed by atoms with Crippen molar-refractivity contribution in [3.05, 3.63) is 104 Å². The van der Waals surface area contributed by atoms with Gasteiger partial charge in [0, 0.05) is 0 Å². The summed E-state index contributed by atoms with van der Waals surface area (Å²) >= 11 is 12.8. The molecular weight excluding hydrogens is 472 g/mol. The van der Waals surface area contributed by atoms with Crippen molar-refractivity contribution in [2.45, 2.75) is 13.2 Å². The van der Waals surface area contributed by atoms with Crippen LogP contribution in [0, 0.1) is 5.82 Å². The Labute approximate surface area is 198 Å². The van der Waals surface area contributed by atoms with Crippen molar-refractivity contribution in [2.75, 3.05) is 0 Å². The van der Waals surface area contributed by atoms with Crippen LogP contribution in [0.15, 0.2) is 71.6 Å². The second-order valence-electron chi connectivity index (χ2n) is 7.00. The van der Waals surface area contributed by atoms with E-state index in [4.69, 9.17) is 27.9 Å². The van der Waals surface area contributed by atoms with Crippen LogP contribution in [0.4, 0.5) is 9.18 Å². The molecule has 0 unspecified atom stereocenters. The monoisotopic (exact) mass is 487 g/mol. The van der Waals surface area contributed by atoms with E-state index in [-0.39, 0.29) is 23.5 Å². The molecule has 3 aromatic rings. The van der Waals surface area contributed by atoms with E-state index in [1.807, 2.05) is 0 Å². The molecule has 0 aromatic heterocycles. The standard InChI is InChI=1S/C24H16Cl2FNO3S/c25-20-10-5-17(11-21(20)26)13-28-23(29)22(32-24(28)30)12-15-3-8-19(9-4-15)31-14-16-1-6-18(27)7-2-16/h1-12H,13-14H2/b22-12-. The molecule has 3 aromatic carbocycles. The number of halogens is 3. The summed E-state index contributed by atoms with van der Waals surface area (Å²) < 4.78 is 18.7. The van der Waals surface area contributed by atoms with E-state index in [1.54, 1.807) is 60.7 Å². The number of benzene rings is 3. The van der Waals surface area contributed by atoms with Crippen molar-refractivity contribution >= 4 is 52.2 Å². The zero-order valence-corrected chi connectivity index (χ0v) is 18.9. The number of thioether (sulfide) groups is 1. The fourth-order valence-electron chi connectivity index (χ4n) is 3.02. The molecule has 32 heavy (non-hydrogen) atoms. The number of nitrogens with zero attached hydrogens (tertiary/aromatic N) is 1. The zero-order valence-electron chi connectivity index (χ0n) is 16.6. The summed E-state index contributed by atoms with van der Waals surface area (Å²) in [6, 6.07) is 18.2. The number of carbonyl (C=O) groups excluding carboxylic acids is 2. The van der Waals surface area contributed by atoms with E-state index in [0.29, 0.717) is 32.9 Å². The number of hydrogen-bond donors (Lipinski definition) is 0. The molecule has 8 heteroatoms. The Bertz CT molecular complexity index is 1200. The van der Waals surface area contributed by atoms with Gasteiger partial charge in [0.2, 0.25) is 0 Å². The molecular formula is C24H16Cl2FNO3S. The summed E-state index contributed by atoms with van der Waals surface area (Å²) in [5.41, 5.74) is 2.33. The lowest BCUT2D eigenvalue weighted by Crippen LogP contribution is -2.27. The van der Waals surface area contributed by atoms with Gasteiger partial charge in [-0.2, -0.15) is 0 Å². The Hall–Kier alpha value is -2.80. The lowest BCUT2D eigenvalue weighted by atomic mass is 10.2. The van der Waals surface area contributed by atoms with Gasteiger partial charge in [0.15, 0.2) is 0 Å². The molecule has 0 radical (unpaired) electrons. The summed E-state index contributed by atoms with van der Waals surface area (Å²) in [5, 5.41) is 0.439. The van der Waals surface area contributed by atoms with Crippen LogP contribution in [0.1, 0.15) is 16.7 Å². The molecule has 0 N–H and O–H groups in total. The van der Waals surface area contributed by atoms with E-state index in [9.17, 15) is 14.0 Å². The van der Waals surface area contributed by atoms with Gasteiger partial charge in [0.05, 0.1) is 21.5 Å². The van der Waals surface area contributed by atoms with Crippen molar-refractivity contribution in [1.29, 1.82) is 0 Å². The third-order valence-electron chi connectivity index (χ3n) is 4.69. The van der Waals surface area contributed by atoms with E-state index in [2.05, 4.69) is 0 Å². The first kappa shape index (κ1) is 22.4. The van der Waals surface area contributed by atoms with E-state index in [0.717, 1.165) is 22.9 Å². The molecule has 0 spiro atoms. The lowest BCUT2D eigenvalue weighted by molar-refractivity contribution is -0.123. The first-order valence-corrected chi connectivity index (χ1v) is 11.1. The topological polar surface area (TPSA) is 46.6 Å². The Kier molecular flexibility index (Phi) is 6.84. The Morgan fingerprint density at radius 3 is 2.28 bits per heavy atom. The zero-order chi connectivity index (χ0) is 22.7. The molecule has 1 fully saturated rings. The van der Waals surface area contributed by atoms with Crippen LogP contribution in [-0.2, 0) is 17.9 Å². The third kappa shape index (κ3) is 5.33. The number of carbonyl (C=O) groups is 2. The second-order valence-corrected chi connectivity index (χ2v) is 8.81. The van der Waals surface area contributed by atoms with Gasteiger partial charge in [-0.25, -0.2) is 4.39 Å². The molecule has 162 valence electrons. The Morgan fingerprint density at radius 2 is 1.59 bits per heavy atom. The van der Waals surface area contributed by atoms with Gasteiger partial charge in [0.25, 0.3) is 11.1 Å². The van der Waals surface area contributed by atoms with Crippen LogP contribution < -0.4 is 4.74 Å². The highest BCUT2D eigenvalue weighted by molar-refractivity contribution is 8.18. The SMILES string of the molecule is O=C1S/C(=C\c2ccc(OCc3ccc(F)cc3)cc2)C(=O)N1Cc1ccc(Cl)c(Cl)c1. The average Bonchev–Trinajstić information content (AvgIpc) is 3.04. The molecule has 1 aliphatic rings. The largest absolute Gasteiger partial charge is 0.489 e. The third-order valence-corrected chi connectivity index (χ3v) is 6.34. The molecule has 0 saturated carbocycles. The summed E-state index contributed by atoms with van der Waals surface area (Å²) in [4.78, 5) is 26.6. The number of amides is 2. The van der Waals surface area contributed by atoms with Crippen molar-refractivity contribution in [3.63, 3.8) is 0 Å². The second kappa shape index (κ2) is 9.77. The molecule has 0 aliphatic carbocycles. The molecule has 1 aliphatic heterocycles. The van der Waals surface area contributed by atoms with Gasteiger partial charge in [-0.1, -0.05) is 53.5 Å². The predicted molar refractivity (Wildman–Crippen MR) is 125 cm³/mol. The fraction of sp³-hybridized carbons (Fsp3) is 0.0833. The van der Waals surface area contributed by atoms with Crippen molar-refractivity contribution in [1.82, 2.24) is 4.90 Å². The van der Waals surface area contributed by atoms with E-state index in [1.165, 1.54) is 17.0 Å². The maximum absolute atomic E-state index is 13.0. The van der Waals surface area contributed by atoms with E-state index < -0.39 is 0 Å². The van der Waals surface area contributed by atoms with E-state index >= 15 is 0 Å². The van der Waals surface area contributed by atoms with Crippen LogP contribution in [0.5, 0.6) is 5.75 Å². The maximum Gasteiger partial charge on any atom is 0.293 e. The number of ether oxygens (including phenoxy) is 1. The van der Waals surface area contributed by atoms with Crippen LogP contribution in [-0.4, -0.2) is 16.0 Å². The molecule has 0 bridgehead atoms. The van der Waals surface area contributed by atoms with Gasteiger partial charge >= 0.3 is 0 Å². The normalized spacial score (nSPS) is 15.0. The fourth-order valence-corrected chi connectivity index (χ4v) is 4.17. The summed E-state index contributed by atoms with van der Waals surface area (Å²) in [7, 11) is 0. The first-order chi connectivity index (χ1) is 15.4. The average molecular weight is 488 g/mol. The van der Waals surface area contributed by atoms with Crippen LogP contribution in [0.25, 0.3) is 6.08 Å². The van der Waals surface area contributed by atoms with Crippen molar-refractivity contribution in [3.8, 4) is 5.75 Å². The van der Waals surface area contributed by atoms with Gasteiger partial charge in [-0.05, 0) is 70.9 Å². The molecule has 0 atom stereocenters. The summed E-state index contributed by atoms with van der Waals surface area (Å²) in [6.07, 6.45) is 1.67. The predicted octanol–water partition coefficient (Wildman–Crippen LogP) is 6.95. The maximum atomic E-state index is 13.0. The molecule has 1 heterocycles. The summed E-state index contributed by atoms with van der Waals surface area (Å²) in [5.74, 6) is -0.0126. The van der Waals surface area contributed by atoms with Gasteiger partial charge in [-0.3, -0.25) is 14.5 Å². The quantitative estimate of drug-likeness (QED) is 0.353. The minimum Gasteiger partial charge on any atom is -0.489 e. The summed E-state index contributed by atoms with van der Waals surface area (Å²) in [6.45, 7) is 0.433. The highest BCUT2D eigenvalue weighted by Gasteiger charge is 2.35. The van der Waals surface area contributed by atoms with Crippen molar-refractivity contribution < 1.29 is 18.7 Å². The highest BCUT2D eigenvalue weighted by Crippen LogP contribution is 2.34. The number of imide groups is 1. The van der Waals surface area contributed by atoms with Gasteiger partial charge < -0.3 is 4.74 Å². The van der Waals surface area contributed by atoms with Gasteiger partial charge in [0.1, 0.15) is 18.2 Å². The molecule has 4 rings (SSSR count). The molecule has 4 nitrogen and oxygen atoms in total. The van der Waals surface area contributed by atoms with Gasteiger partial charge in [-0.15, -0.1) is 0 Å². The lowest BCUT2D eigenvalue weighted by Gasteiger charge is -2.12. The Balaban J connectivity index is 1.40. The first-order valence-electron chi connectivity index (χ1n) is 9.55. The number of hydrogen-bond acceptors (Lipinski definition) is 4. The smallest absolute Gasteiger partial charge is 0.293 e. The van der Waals surface area contributed by atoms with Crippen LogP contribution in [0.3, 0.4) is 0 Å². The Morgan fingerprint density at radius 1 is 0.906 bits per heavy atom. The van der Waals surface area contributed by atoms with Crippen LogP contribution in [0.2, 0.25) is 10.0 Å². The molecule has 2 amide bonds. The highest BCUT2D eigenvalue weighted by atomic mass is 35.5.